The van der Waals surface area contributed by atoms with Crippen LogP contribution in [0.25, 0.3) is 0 Å². The summed E-state index contributed by atoms with van der Waals surface area (Å²) in [6.07, 6.45) is 1.91. The van der Waals surface area contributed by atoms with Crippen LogP contribution in [0.2, 0.25) is 0 Å². The minimum absolute atomic E-state index is 0.106. The van der Waals surface area contributed by atoms with E-state index in [4.69, 9.17) is 0 Å². The number of carbonyl (C=O) groups is 1. The first-order valence-corrected chi connectivity index (χ1v) is 5.83. The minimum atomic E-state index is 0.106. The highest BCUT2D eigenvalue weighted by molar-refractivity contribution is 5.78. The maximum Gasteiger partial charge on any atom is 0.224 e. The first kappa shape index (κ1) is 14.4. The van der Waals surface area contributed by atoms with Crippen LogP contribution in [-0.4, -0.2) is 26.0 Å². The Morgan fingerprint density at radius 1 is 1.33 bits per heavy atom. The third kappa shape index (κ3) is 7.37. The van der Waals surface area contributed by atoms with Crippen LogP contribution < -0.4 is 10.6 Å². The molecule has 0 bridgehead atoms. The number of amides is 1. The smallest absolute Gasteiger partial charge is 0.224 e. The molecule has 90 valence electrons. The van der Waals surface area contributed by atoms with Crippen LogP contribution >= 0.6 is 0 Å². The molecule has 0 radical (unpaired) electrons. The Balaban J connectivity index is 3.81. The molecule has 0 heterocycles. The molecule has 3 heteroatoms. The van der Waals surface area contributed by atoms with Gasteiger partial charge in [-0.3, -0.25) is 4.79 Å². The number of nitrogens with one attached hydrogen (secondary N) is 2. The molecule has 0 rings (SSSR count). The highest BCUT2D eigenvalue weighted by atomic mass is 16.1. The average molecular weight is 214 g/mol. The van der Waals surface area contributed by atoms with E-state index < -0.39 is 0 Å². The Morgan fingerprint density at radius 3 is 2.33 bits per heavy atom. The van der Waals surface area contributed by atoms with Gasteiger partial charge >= 0.3 is 0 Å². The molecule has 0 saturated heterocycles. The SMILES string of the molecule is CCC(CNC)C(=O)NCCC(C)(C)C. The van der Waals surface area contributed by atoms with Crippen LogP contribution in [0, 0.1) is 11.3 Å². The predicted octanol–water partition coefficient (Wildman–Crippen LogP) is 1.78. The average Bonchev–Trinajstić information content (AvgIpc) is 2.11. The predicted molar refractivity (Wildman–Crippen MR) is 64.8 cm³/mol. The van der Waals surface area contributed by atoms with Crippen LogP contribution in [0.15, 0.2) is 0 Å². The van der Waals surface area contributed by atoms with Crippen molar-refractivity contribution in [2.75, 3.05) is 20.1 Å². The van der Waals surface area contributed by atoms with E-state index in [2.05, 4.69) is 31.4 Å². The summed E-state index contributed by atoms with van der Waals surface area (Å²) in [5, 5.41) is 6.04. The molecular formula is C12H26N2O. The molecule has 1 unspecified atom stereocenters. The second kappa shape index (κ2) is 6.83. The van der Waals surface area contributed by atoms with Crippen molar-refractivity contribution in [3.8, 4) is 0 Å². The fraction of sp³-hybridized carbons (Fsp3) is 0.917. The molecule has 0 spiro atoms. The maximum absolute atomic E-state index is 11.7. The van der Waals surface area contributed by atoms with Gasteiger partial charge in [0.15, 0.2) is 0 Å². The van der Waals surface area contributed by atoms with Crippen molar-refractivity contribution in [1.29, 1.82) is 0 Å². The van der Waals surface area contributed by atoms with Gasteiger partial charge in [-0.25, -0.2) is 0 Å². The van der Waals surface area contributed by atoms with Crippen molar-refractivity contribution in [2.45, 2.75) is 40.5 Å². The Bertz CT molecular complexity index is 185. The summed E-state index contributed by atoms with van der Waals surface area (Å²) >= 11 is 0. The summed E-state index contributed by atoms with van der Waals surface area (Å²) in [5.41, 5.74) is 0.290. The third-order valence-corrected chi connectivity index (χ3v) is 2.49. The van der Waals surface area contributed by atoms with Gasteiger partial charge in [0.05, 0.1) is 5.92 Å². The van der Waals surface area contributed by atoms with E-state index in [1.54, 1.807) is 0 Å². The monoisotopic (exact) mass is 214 g/mol. The lowest BCUT2D eigenvalue weighted by Gasteiger charge is -2.20. The molecule has 0 aromatic heterocycles. The zero-order valence-electron chi connectivity index (χ0n) is 10.8. The molecule has 0 aromatic rings. The molecule has 2 N–H and O–H groups in total. The van der Waals surface area contributed by atoms with E-state index in [9.17, 15) is 4.79 Å². The molecule has 0 saturated carbocycles. The Labute approximate surface area is 94.0 Å². The minimum Gasteiger partial charge on any atom is -0.356 e. The van der Waals surface area contributed by atoms with Crippen molar-refractivity contribution >= 4 is 5.91 Å². The molecule has 3 nitrogen and oxygen atoms in total. The second-order valence-corrected chi connectivity index (χ2v) is 5.26. The Hall–Kier alpha value is -0.570. The maximum atomic E-state index is 11.7. The van der Waals surface area contributed by atoms with Gasteiger partial charge in [0, 0.05) is 13.1 Å². The third-order valence-electron chi connectivity index (χ3n) is 2.49. The standard InChI is InChI=1S/C12H26N2O/c1-6-10(9-13-5)11(15)14-8-7-12(2,3)4/h10,13H,6-9H2,1-5H3,(H,14,15). The van der Waals surface area contributed by atoms with Crippen molar-refractivity contribution < 1.29 is 4.79 Å². The zero-order chi connectivity index (χ0) is 11.9. The molecule has 15 heavy (non-hydrogen) atoms. The summed E-state index contributed by atoms with van der Waals surface area (Å²) in [6, 6.07) is 0. The highest BCUT2D eigenvalue weighted by Crippen LogP contribution is 2.17. The molecular weight excluding hydrogens is 188 g/mol. The fourth-order valence-electron chi connectivity index (χ4n) is 1.37. The topological polar surface area (TPSA) is 41.1 Å². The normalized spacial score (nSPS) is 13.7. The molecule has 0 aliphatic rings. The molecule has 0 fully saturated rings. The summed E-state index contributed by atoms with van der Waals surface area (Å²) in [4.78, 5) is 11.7. The van der Waals surface area contributed by atoms with Crippen LogP contribution in [0.3, 0.4) is 0 Å². The summed E-state index contributed by atoms with van der Waals surface area (Å²) in [7, 11) is 1.88. The van der Waals surface area contributed by atoms with Crippen LogP contribution in [0.4, 0.5) is 0 Å². The largest absolute Gasteiger partial charge is 0.356 e. The number of carbonyl (C=O) groups excluding carboxylic acids is 1. The second-order valence-electron chi connectivity index (χ2n) is 5.26. The fourth-order valence-corrected chi connectivity index (χ4v) is 1.37. The first-order chi connectivity index (χ1) is 6.90. The van der Waals surface area contributed by atoms with E-state index in [0.29, 0.717) is 0 Å². The molecule has 1 atom stereocenters. The van der Waals surface area contributed by atoms with Gasteiger partial charge in [0.25, 0.3) is 0 Å². The van der Waals surface area contributed by atoms with Crippen molar-refractivity contribution in [3.05, 3.63) is 0 Å². The van der Waals surface area contributed by atoms with Crippen LogP contribution in [-0.2, 0) is 4.79 Å². The van der Waals surface area contributed by atoms with E-state index in [-0.39, 0.29) is 17.2 Å². The highest BCUT2D eigenvalue weighted by Gasteiger charge is 2.16. The summed E-state index contributed by atoms with van der Waals surface area (Å²) < 4.78 is 0. The number of hydrogen-bond acceptors (Lipinski definition) is 2. The van der Waals surface area contributed by atoms with Crippen molar-refractivity contribution in [2.24, 2.45) is 11.3 Å². The Kier molecular flexibility index (Phi) is 6.57. The molecule has 0 aliphatic carbocycles. The van der Waals surface area contributed by atoms with Gasteiger partial charge in [-0.15, -0.1) is 0 Å². The Morgan fingerprint density at radius 2 is 1.93 bits per heavy atom. The van der Waals surface area contributed by atoms with Gasteiger partial charge in [0.1, 0.15) is 0 Å². The molecule has 0 aromatic carbocycles. The van der Waals surface area contributed by atoms with E-state index in [1.165, 1.54) is 0 Å². The lowest BCUT2D eigenvalue weighted by Crippen LogP contribution is -2.37. The lowest BCUT2D eigenvalue weighted by atomic mass is 9.92. The van der Waals surface area contributed by atoms with Gasteiger partial charge in [-0.1, -0.05) is 27.7 Å². The number of rotatable bonds is 6. The zero-order valence-corrected chi connectivity index (χ0v) is 10.8. The summed E-state index contributed by atoms with van der Waals surface area (Å²) in [6.45, 7) is 10.1. The van der Waals surface area contributed by atoms with Crippen LogP contribution in [0.5, 0.6) is 0 Å². The van der Waals surface area contributed by atoms with Gasteiger partial charge in [-0.05, 0) is 25.3 Å². The molecule has 1 amide bonds. The van der Waals surface area contributed by atoms with E-state index >= 15 is 0 Å². The van der Waals surface area contributed by atoms with Crippen molar-refractivity contribution in [1.82, 2.24) is 10.6 Å². The first-order valence-electron chi connectivity index (χ1n) is 5.83. The quantitative estimate of drug-likeness (QED) is 0.707. The van der Waals surface area contributed by atoms with Gasteiger partial charge in [-0.2, -0.15) is 0 Å². The van der Waals surface area contributed by atoms with Crippen LogP contribution in [0.1, 0.15) is 40.5 Å². The van der Waals surface area contributed by atoms with Gasteiger partial charge < -0.3 is 10.6 Å². The van der Waals surface area contributed by atoms with E-state index in [0.717, 1.165) is 25.9 Å². The molecule has 0 aliphatic heterocycles. The van der Waals surface area contributed by atoms with Crippen molar-refractivity contribution in [3.63, 3.8) is 0 Å². The van der Waals surface area contributed by atoms with Gasteiger partial charge in [0.2, 0.25) is 5.91 Å². The lowest BCUT2D eigenvalue weighted by molar-refractivity contribution is -0.125. The summed E-state index contributed by atoms with van der Waals surface area (Å²) in [5.74, 6) is 0.283. The van der Waals surface area contributed by atoms with E-state index in [1.807, 2.05) is 14.0 Å². The number of hydrogen-bond donors (Lipinski definition) is 2.